The molecule has 0 aromatic carbocycles. The fraction of sp³-hybridized carbons (Fsp3) is 0.500. The summed E-state index contributed by atoms with van der Waals surface area (Å²) in [5, 5.41) is 4.97. The molecule has 72 valence electrons. The number of thiophene rings is 1. The third-order valence-corrected chi connectivity index (χ3v) is 4.27. The predicted octanol–water partition coefficient (Wildman–Crippen LogP) is 1.03. The van der Waals surface area contributed by atoms with Crippen molar-refractivity contribution in [1.29, 1.82) is 0 Å². The molecular weight excluding hydrogens is 206 g/mol. The van der Waals surface area contributed by atoms with Gasteiger partial charge in [-0.05, 0) is 30.9 Å². The lowest BCUT2D eigenvalue weighted by atomic mass is 10.2. The summed E-state index contributed by atoms with van der Waals surface area (Å²) in [6.45, 7) is 0. The lowest BCUT2D eigenvalue weighted by Gasteiger charge is -1.93. The van der Waals surface area contributed by atoms with Crippen LogP contribution in [-0.4, -0.2) is 8.42 Å². The second-order valence-corrected chi connectivity index (χ2v) is 6.16. The Morgan fingerprint density at radius 3 is 2.85 bits per heavy atom. The SMILES string of the molecule is NS(=O)(=O)Cc1cc2c(s1)CCC2. The number of aryl methyl sites for hydroxylation is 2. The minimum Gasteiger partial charge on any atom is -0.228 e. The summed E-state index contributed by atoms with van der Waals surface area (Å²) in [5.74, 6) is -0.00926. The van der Waals surface area contributed by atoms with E-state index in [-0.39, 0.29) is 5.75 Å². The Morgan fingerprint density at radius 2 is 2.23 bits per heavy atom. The fourth-order valence-corrected chi connectivity index (χ4v) is 3.92. The van der Waals surface area contributed by atoms with Gasteiger partial charge in [-0.15, -0.1) is 11.3 Å². The first-order valence-electron chi connectivity index (χ1n) is 4.15. The molecule has 2 rings (SSSR count). The van der Waals surface area contributed by atoms with Gasteiger partial charge in [-0.25, -0.2) is 13.6 Å². The van der Waals surface area contributed by atoms with Gasteiger partial charge in [0, 0.05) is 9.75 Å². The Bertz CT molecular complexity index is 398. The zero-order valence-corrected chi connectivity index (χ0v) is 8.75. The Labute approximate surface area is 81.6 Å². The Balaban J connectivity index is 2.24. The molecule has 0 saturated heterocycles. The van der Waals surface area contributed by atoms with Crippen molar-refractivity contribution in [2.24, 2.45) is 5.14 Å². The van der Waals surface area contributed by atoms with Crippen LogP contribution in [0, 0.1) is 0 Å². The van der Waals surface area contributed by atoms with Crippen molar-refractivity contribution in [2.75, 3.05) is 0 Å². The summed E-state index contributed by atoms with van der Waals surface area (Å²) >= 11 is 1.59. The van der Waals surface area contributed by atoms with Crippen LogP contribution in [0.3, 0.4) is 0 Å². The Morgan fingerprint density at radius 1 is 1.46 bits per heavy atom. The Hall–Kier alpha value is -0.390. The van der Waals surface area contributed by atoms with Gasteiger partial charge in [0.05, 0.1) is 5.75 Å². The van der Waals surface area contributed by atoms with Crippen molar-refractivity contribution in [3.8, 4) is 0 Å². The standard InChI is InChI=1S/C8H11NO2S2/c9-13(10,11)5-7-4-6-2-1-3-8(6)12-7/h4H,1-3,5H2,(H2,9,10,11). The van der Waals surface area contributed by atoms with E-state index in [4.69, 9.17) is 5.14 Å². The topological polar surface area (TPSA) is 60.2 Å². The lowest BCUT2D eigenvalue weighted by molar-refractivity contribution is 0.597. The first kappa shape index (κ1) is 9.18. The van der Waals surface area contributed by atoms with Crippen molar-refractivity contribution in [3.63, 3.8) is 0 Å². The van der Waals surface area contributed by atoms with E-state index in [1.54, 1.807) is 11.3 Å². The maximum atomic E-state index is 10.8. The van der Waals surface area contributed by atoms with Gasteiger partial charge >= 0.3 is 0 Å². The summed E-state index contributed by atoms with van der Waals surface area (Å²) in [6.07, 6.45) is 3.40. The van der Waals surface area contributed by atoms with Crippen molar-refractivity contribution in [1.82, 2.24) is 0 Å². The third-order valence-electron chi connectivity index (χ3n) is 2.14. The molecule has 0 radical (unpaired) electrons. The quantitative estimate of drug-likeness (QED) is 0.804. The number of hydrogen-bond acceptors (Lipinski definition) is 3. The van der Waals surface area contributed by atoms with Crippen molar-refractivity contribution in [2.45, 2.75) is 25.0 Å². The molecule has 0 atom stereocenters. The van der Waals surface area contributed by atoms with Crippen LogP contribution in [0.15, 0.2) is 6.07 Å². The Kier molecular flexibility index (Phi) is 2.17. The number of sulfonamides is 1. The van der Waals surface area contributed by atoms with Crippen LogP contribution in [0.5, 0.6) is 0 Å². The normalized spacial score (nSPS) is 16.1. The zero-order valence-electron chi connectivity index (χ0n) is 7.12. The smallest absolute Gasteiger partial charge is 0.214 e. The summed E-state index contributed by atoms with van der Waals surface area (Å²) < 4.78 is 21.6. The highest BCUT2D eigenvalue weighted by atomic mass is 32.2. The maximum Gasteiger partial charge on any atom is 0.214 e. The number of primary sulfonamides is 1. The molecule has 13 heavy (non-hydrogen) atoms. The predicted molar refractivity (Wildman–Crippen MR) is 53.2 cm³/mol. The van der Waals surface area contributed by atoms with Gasteiger partial charge in [-0.2, -0.15) is 0 Å². The van der Waals surface area contributed by atoms with Crippen LogP contribution in [0.4, 0.5) is 0 Å². The zero-order chi connectivity index (χ0) is 9.47. The van der Waals surface area contributed by atoms with Gasteiger partial charge in [0.2, 0.25) is 10.0 Å². The molecule has 1 aromatic rings. The maximum absolute atomic E-state index is 10.8. The second kappa shape index (κ2) is 3.08. The van der Waals surface area contributed by atoms with E-state index in [0.29, 0.717) is 0 Å². The van der Waals surface area contributed by atoms with Gasteiger partial charge in [0.15, 0.2) is 0 Å². The van der Waals surface area contributed by atoms with E-state index in [9.17, 15) is 8.42 Å². The van der Waals surface area contributed by atoms with Crippen molar-refractivity contribution in [3.05, 3.63) is 21.4 Å². The van der Waals surface area contributed by atoms with Gasteiger partial charge in [0.25, 0.3) is 0 Å². The minimum absolute atomic E-state index is 0.00926. The second-order valence-electron chi connectivity index (χ2n) is 3.32. The van der Waals surface area contributed by atoms with E-state index >= 15 is 0 Å². The molecule has 0 unspecified atom stereocenters. The molecule has 2 N–H and O–H groups in total. The fourth-order valence-electron chi connectivity index (χ4n) is 1.66. The molecule has 0 amide bonds. The minimum atomic E-state index is -3.35. The molecule has 0 saturated carbocycles. The molecule has 1 aliphatic carbocycles. The molecule has 1 aliphatic rings. The number of hydrogen-bond donors (Lipinski definition) is 1. The van der Waals surface area contributed by atoms with E-state index in [1.165, 1.54) is 16.9 Å². The molecule has 5 heteroatoms. The third kappa shape index (κ3) is 2.10. The van der Waals surface area contributed by atoms with Crippen molar-refractivity contribution < 1.29 is 8.42 Å². The monoisotopic (exact) mass is 217 g/mol. The molecule has 3 nitrogen and oxygen atoms in total. The summed E-state index contributed by atoms with van der Waals surface area (Å²) in [4.78, 5) is 2.23. The average Bonchev–Trinajstić information content (AvgIpc) is 2.40. The molecular formula is C8H11NO2S2. The van der Waals surface area contributed by atoms with Gasteiger partial charge < -0.3 is 0 Å². The highest BCUT2D eigenvalue weighted by Gasteiger charge is 2.16. The van der Waals surface area contributed by atoms with Crippen LogP contribution < -0.4 is 5.14 Å². The molecule has 1 aromatic heterocycles. The number of fused-ring (bicyclic) bond motifs is 1. The lowest BCUT2D eigenvalue weighted by Crippen LogP contribution is -2.13. The van der Waals surface area contributed by atoms with Crippen LogP contribution >= 0.6 is 11.3 Å². The van der Waals surface area contributed by atoms with E-state index in [1.807, 2.05) is 6.07 Å². The van der Waals surface area contributed by atoms with Crippen LogP contribution in [0.2, 0.25) is 0 Å². The molecule has 1 heterocycles. The van der Waals surface area contributed by atoms with Crippen LogP contribution in [0.1, 0.15) is 21.7 Å². The summed E-state index contributed by atoms with van der Waals surface area (Å²) in [5.41, 5.74) is 1.32. The number of nitrogens with two attached hydrogens (primary N) is 1. The van der Waals surface area contributed by atoms with Crippen LogP contribution in [-0.2, 0) is 28.6 Å². The molecule has 0 bridgehead atoms. The summed E-state index contributed by atoms with van der Waals surface area (Å²) in [6, 6.07) is 1.98. The van der Waals surface area contributed by atoms with Crippen LogP contribution in [0.25, 0.3) is 0 Å². The highest BCUT2D eigenvalue weighted by Crippen LogP contribution is 2.31. The van der Waals surface area contributed by atoms with Gasteiger partial charge in [-0.3, -0.25) is 0 Å². The molecule has 0 aliphatic heterocycles. The molecule has 0 spiro atoms. The van der Waals surface area contributed by atoms with E-state index in [2.05, 4.69) is 0 Å². The van der Waals surface area contributed by atoms with Gasteiger partial charge in [-0.1, -0.05) is 0 Å². The highest BCUT2D eigenvalue weighted by molar-refractivity contribution is 7.88. The largest absolute Gasteiger partial charge is 0.228 e. The van der Waals surface area contributed by atoms with E-state index in [0.717, 1.165) is 17.7 Å². The van der Waals surface area contributed by atoms with Crippen molar-refractivity contribution >= 4 is 21.4 Å². The first-order chi connectivity index (χ1) is 6.04. The van der Waals surface area contributed by atoms with Gasteiger partial charge in [0.1, 0.15) is 0 Å². The first-order valence-corrected chi connectivity index (χ1v) is 6.69. The number of rotatable bonds is 2. The average molecular weight is 217 g/mol. The molecule has 0 fully saturated rings. The summed E-state index contributed by atoms with van der Waals surface area (Å²) in [7, 11) is -3.35. The van der Waals surface area contributed by atoms with E-state index < -0.39 is 10.0 Å².